The van der Waals surface area contributed by atoms with E-state index in [1.807, 2.05) is 0 Å². The quantitative estimate of drug-likeness (QED) is 0.674. The molecule has 4 N–H and O–H groups in total. The number of benzene rings is 2. The molecule has 7 heteroatoms. The fraction of sp³-hybridized carbons (Fsp3) is 0.0714. The van der Waals surface area contributed by atoms with E-state index in [9.17, 15) is 18.0 Å². The molecule has 0 unspecified atom stereocenters. The number of alkyl halides is 3. The van der Waals surface area contributed by atoms with Crippen molar-refractivity contribution in [3.8, 4) is 5.75 Å². The summed E-state index contributed by atoms with van der Waals surface area (Å²) in [6.07, 6.45) is -4.78. The first-order valence-electron chi connectivity index (χ1n) is 5.82. The summed E-state index contributed by atoms with van der Waals surface area (Å²) in [6.45, 7) is 0. The first-order chi connectivity index (χ1) is 9.78. The summed E-state index contributed by atoms with van der Waals surface area (Å²) in [5, 5.41) is 0. The average molecular weight is 296 g/mol. The molecule has 0 aliphatic rings. The van der Waals surface area contributed by atoms with E-state index in [1.165, 1.54) is 24.3 Å². The van der Waals surface area contributed by atoms with E-state index in [4.69, 9.17) is 11.5 Å². The predicted octanol–water partition coefficient (Wildman–Crippen LogP) is 2.98. The normalized spacial score (nSPS) is 11.2. The molecule has 0 radical (unpaired) electrons. The van der Waals surface area contributed by atoms with E-state index < -0.39 is 17.9 Å². The molecule has 0 atom stereocenters. The monoisotopic (exact) mass is 296 g/mol. The summed E-state index contributed by atoms with van der Waals surface area (Å²) >= 11 is 0. The van der Waals surface area contributed by atoms with Gasteiger partial charge in [-0.3, -0.25) is 4.79 Å². The summed E-state index contributed by atoms with van der Waals surface area (Å²) in [6, 6.07) is 9.17. The van der Waals surface area contributed by atoms with Gasteiger partial charge in [-0.2, -0.15) is 0 Å². The number of ketones is 1. The van der Waals surface area contributed by atoms with Crippen LogP contribution in [0, 0.1) is 0 Å². The first kappa shape index (κ1) is 14.7. The van der Waals surface area contributed by atoms with Crippen LogP contribution in [0.5, 0.6) is 5.75 Å². The van der Waals surface area contributed by atoms with E-state index >= 15 is 0 Å². The maximum atomic E-state index is 12.3. The van der Waals surface area contributed by atoms with Crippen molar-refractivity contribution in [2.75, 3.05) is 11.5 Å². The highest BCUT2D eigenvalue weighted by Crippen LogP contribution is 2.26. The Balaban J connectivity index is 2.29. The van der Waals surface area contributed by atoms with Crippen LogP contribution in [-0.2, 0) is 0 Å². The summed E-state index contributed by atoms with van der Waals surface area (Å²) in [4.78, 5) is 12.3. The standard InChI is InChI=1S/C14H11F3N2O2/c15-14(16,17)21-9-6-4-8(5-7-9)13(20)12-10(18)2-1-3-11(12)19/h1-7H,18-19H2. The maximum absolute atomic E-state index is 12.3. The highest BCUT2D eigenvalue weighted by atomic mass is 19.4. The van der Waals surface area contributed by atoms with Crippen LogP contribution in [-0.4, -0.2) is 12.1 Å². The second-order valence-corrected chi connectivity index (χ2v) is 4.21. The van der Waals surface area contributed by atoms with E-state index in [-0.39, 0.29) is 22.5 Å². The average Bonchev–Trinajstić information content (AvgIpc) is 2.37. The number of carbonyl (C=O) groups is 1. The van der Waals surface area contributed by atoms with Gasteiger partial charge in [-0.25, -0.2) is 0 Å². The van der Waals surface area contributed by atoms with Gasteiger partial charge in [0.15, 0.2) is 5.78 Å². The summed E-state index contributed by atoms with van der Waals surface area (Å²) in [5.41, 5.74) is 12.1. The number of halogens is 3. The van der Waals surface area contributed by atoms with Gasteiger partial charge in [0.1, 0.15) is 5.75 Å². The molecule has 2 rings (SSSR count). The van der Waals surface area contributed by atoms with E-state index in [0.29, 0.717) is 0 Å². The molecule has 0 spiro atoms. The van der Waals surface area contributed by atoms with Crippen molar-refractivity contribution in [3.63, 3.8) is 0 Å². The number of carbonyl (C=O) groups excluding carboxylic acids is 1. The van der Waals surface area contributed by atoms with Gasteiger partial charge in [0, 0.05) is 16.9 Å². The molecule has 0 amide bonds. The smallest absolute Gasteiger partial charge is 0.406 e. The van der Waals surface area contributed by atoms with Crippen LogP contribution in [0.4, 0.5) is 24.5 Å². The fourth-order valence-corrected chi connectivity index (χ4v) is 1.80. The van der Waals surface area contributed by atoms with Crippen LogP contribution in [0.15, 0.2) is 42.5 Å². The molecule has 0 heterocycles. The molecule has 2 aromatic carbocycles. The van der Waals surface area contributed by atoms with Gasteiger partial charge in [0.25, 0.3) is 0 Å². The second-order valence-electron chi connectivity index (χ2n) is 4.21. The van der Waals surface area contributed by atoms with Crippen LogP contribution in [0.25, 0.3) is 0 Å². The van der Waals surface area contributed by atoms with E-state index in [1.54, 1.807) is 6.07 Å². The molecule has 21 heavy (non-hydrogen) atoms. The van der Waals surface area contributed by atoms with Crippen molar-refractivity contribution in [2.24, 2.45) is 0 Å². The molecule has 0 aliphatic carbocycles. The van der Waals surface area contributed by atoms with Gasteiger partial charge in [-0.15, -0.1) is 13.2 Å². The minimum atomic E-state index is -4.78. The molecule has 0 fully saturated rings. The van der Waals surface area contributed by atoms with Crippen molar-refractivity contribution in [1.29, 1.82) is 0 Å². The Morgan fingerprint density at radius 3 is 1.95 bits per heavy atom. The van der Waals surface area contributed by atoms with E-state index in [0.717, 1.165) is 12.1 Å². The van der Waals surface area contributed by atoms with E-state index in [2.05, 4.69) is 4.74 Å². The molecule has 0 saturated heterocycles. The van der Waals surface area contributed by atoms with Gasteiger partial charge in [-0.1, -0.05) is 6.07 Å². The van der Waals surface area contributed by atoms with Crippen molar-refractivity contribution < 1.29 is 22.7 Å². The highest BCUT2D eigenvalue weighted by Gasteiger charge is 2.31. The molecule has 4 nitrogen and oxygen atoms in total. The molecular weight excluding hydrogens is 285 g/mol. The topological polar surface area (TPSA) is 78.3 Å². The zero-order valence-corrected chi connectivity index (χ0v) is 10.6. The Kier molecular flexibility index (Phi) is 3.75. The van der Waals surface area contributed by atoms with Crippen molar-refractivity contribution >= 4 is 17.2 Å². The SMILES string of the molecule is Nc1cccc(N)c1C(=O)c1ccc(OC(F)(F)F)cc1. The van der Waals surface area contributed by atoms with Crippen LogP contribution in [0.1, 0.15) is 15.9 Å². The lowest BCUT2D eigenvalue weighted by molar-refractivity contribution is -0.274. The zero-order chi connectivity index (χ0) is 15.6. The Labute approximate surface area is 118 Å². The molecule has 0 bridgehead atoms. The number of rotatable bonds is 3. The summed E-state index contributed by atoms with van der Waals surface area (Å²) < 4.78 is 39.9. The van der Waals surface area contributed by atoms with Gasteiger partial charge < -0.3 is 16.2 Å². The Hall–Kier alpha value is -2.70. The largest absolute Gasteiger partial charge is 0.573 e. The number of hydrogen-bond donors (Lipinski definition) is 2. The number of nitrogen functional groups attached to an aromatic ring is 2. The summed E-state index contributed by atoms with van der Waals surface area (Å²) in [5.74, 6) is -0.878. The Morgan fingerprint density at radius 2 is 1.48 bits per heavy atom. The van der Waals surface area contributed by atoms with Crippen molar-refractivity contribution in [1.82, 2.24) is 0 Å². The number of ether oxygens (including phenoxy) is 1. The van der Waals surface area contributed by atoms with Crippen LogP contribution < -0.4 is 16.2 Å². The number of anilines is 2. The van der Waals surface area contributed by atoms with Crippen molar-refractivity contribution in [3.05, 3.63) is 53.6 Å². The maximum Gasteiger partial charge on any atom is 0.573 e. The molecule has 110 valence electrons. The minimum absolute atomic E-state index is 0.127. The van der Waals surface area contributed by atoms with Gasteiger partial charge in [-0.05, 0) is 36.4 Å². The fourth-order valence-electron chi connectivity index (χ4n) is 1.80. The van der Waals surface area contributed by atoms with Crippen LogP contribution >= 0.6 is 0 Å². The Bertz CT molecular complexity index is 647. The zero-order valence-electron chi connectivity index (χ0n) is 10.6. The highest BCUT2D eigenvalue weighted by molar-refractivity contribution is 6.15. The molecule has 2 aromatic rings. The number of nitrogens with two attached hydrogens (primary N) is 2. The van der Waals surface area contributed by atoms with Gasteiger partial charge in [0.2, 0.25) is 0 Å². The lowest BCUT2D eigenvalue weighted by Crippen LogP contribution is -2.17. The first-order valence-corrected chi connectivity index (χ1v) is 5.82. The van der Waals surface area contributed by atoms with Gasteiger partial charge >= 0.3 is 6.36 Å². The molecular formula is C14H11F3N2O2. The summed E-state index contributed by atoms with van der Waals surface area (Å²) in [7, 11) is 0. The minimum Gasteiger partial charge on any atom is -0.406 e. The van der Waals surface area contributed by atoms with Gasteiger partial charge in [0.05, 0.1) is 5.56 Å². The van der Waals surface area contributed by atoms with Crippen LogP contribution in [0.3, 0.4) is 0 Å². The third-order valence-electron chi connectivity index (χ3n) is 2.71. The van der Waals surface area contributed by atoms with Crippen molar-refractivity contribution in [2.45, 2.75) is 6.36 Å². The lowest BCUT2D eigenvalue weighted by atomic mass is 10.00. The third kappa shape index (κ3) is 3.44. The lowest BCUT2D eigenvalue weighted by Gasteiger charge is -2.10. The molecule has 0 aliphatic heterocycles. The second kappa shape index (κ2) is 5.35. The predicted molar refractivity (Wildman–Crippen MR) is 71.8 cm³/mol. The molecule has 0 saturated carbocycles. The number of hydrogen-bond acceptors (Lipinski definition) is 4. The third-order valence-corrected chi connectivity index (χ3v) is 2.71. The van der Waals surface area contributed by atoms with Crippen LogP contribution in [0.2, 0.25) is 0 Å². The Morgan fingerprint density at radius 1 is 0.952 bits per heavy atom. The molecule has 0 aromatic heterocycles.